The summed E-state index contributed by atoms with van der Waals surface area (Å²) in [5.74, 6) is 0.461. The van der Waals surface area contributed by atoms with Crippen LogP contribution in [0.3, 0.4) is 0 Å². The lowest BCUT2D eigenvalue weighted by Crippen LogP contribution is -2.45. The molecule has 0 aliphatic carbocycles. The molecule has 1 aliphatic heterocycles. The first-order valence-electron chi connectivity index (χ1n) is 8.01. The highest BCUT2D eigenvalue weighted by atomic mass is 127. The van der Waals surface area contributed by atoms with Crippen molar-refractivity contribution in [2.24, 2.45) is 10.7 Å². The molecule has 5 nitrogen and oxygen atoms in total. The molecule has 136 valence electrons. The Bertz CT molecular complexity index is 542. The van der Waals surface area contributed by atoms with E-state index >= 15 is 0 Å². The maximum absolute atomic E-state index is 6.41. The van der Waals surface area contributed by atoms with Gasteiger partial charge in [-0.3, -0.25) is 9.89 Å². The fourth-order valence-corrected chi connectivity index (χ4v) is 2.92. The van der Waals surface area contributed by atoms with Crippen LogP contribution in [0.5, 0.6) is 0 Å². The lowest BCUT2D eigenvalue weighted by molar-refractivity contribution is 0.0180. The molecule has 1 unspecified atom stereocenters. The molecular formula is C17H28ClIN4O. The van der Waals surface area contributed by atoms with E-state index in [1.54, 1.807) is 0 Å². The van der Waals surface area contributed by atoms with Gasteiger partial charge in [-0.1, -0.05) is 29.8 Å². The minimum atomic E-state index is -0.105. The Balaban J connectivity index is 0.00000288. The summed E-state index contributed by atoms with van der Waals surface area (Å²) < 4.78 is 5.46. The molecular weight excluding hydrogens is 439 g/mol. The van der Waals surface area contributed by atoms with Crippen LogP contribution in [0.1, 0.15) is 32.4 Å². The van der Waals surface area contributed by atoms with Crippen molar-refractivity contribution < 1.29 is 4.74 Å². The number of rotatable bonds is 4. The van der Waals surface area contributed by atoms with Gasteiger partial charge in [0.05, 0.1) is 25.8 Å². The van der Waals surface area contributed by atoms with E-state index in [1.807, 2.05) is 18.2 Å². The summed E-state index contributed by atoms with van der Waals surface area (Å²) in [6.45, 7) is 9.96. The summed E-state index contributed by atoms with van der Waals surface area (Å²) in [6.07, 6.45) is 0. The third-order valence-electron chi connectivity index (χ3n) is 3.69. The number of nitrogens with one attached hydrogen (secondary N) is 1. The van der Waals surface area contributed by atoms with E-state index in [-0.39, 0.29) is 35.6 Å². The molecule has 1 fully saturated rings. The fraction of sp³-hybridized carbons (Fsp3) is 0.588. The zero-order valence-electron chi connectivity index (χ0n) is 14.6. The lowest BCUT2D eigenvalue weighted by Gasteiger charge is -2.34. The summed E-state index contributed by atoms with van der Waals surface area (Å²) >= 11 is 6.41. The van der Waals surface area contributed by atoms with Crippen molar-refractivity contribution >= 4 is 41.5 Å². The van der Waals surface area contributed by atoms with Gasteiger partial charge in [-0.15, -0.1) is 24.0 Å². The number of morpholine rings is 1. The highest BCUT2D eigenvalue weighted by Gasteiger charge is 2.24. The average Bonchev–Trinajstić information content (AvgIpc) is 2.48. The predicted octanol–water partition coefficient (Wildman–Crippen LogP) is 3.03. The van der Waals surface area contributed by atoms with Crippen LogP contribution in [-0.4, -0.2) is 49.2 Å². The number of aliphatic imine (C=N–C) groups is 1. The lowest BCUT2D eigenvalue weighted by atomic mass is 10.0. The molecule has 1 heterocycles. The van der Waals surface area contributed by atoms with Gasteiger partial charge in [0, 0.05) is 23.7 Å². The standard InChI is InChI=1S/C17H27ClN4O.HI/c1-17(2,3)21-16(19)20-12-15(22-8-10-23-11-9-22)13-6-4-5-7-14(13)18;/h4-7,15H,8-12H2,1-3H3,(H3,19,20,21);1H. The summed E-state index contributed by atoms with van der Waals surface area (Å²) in [5, 5.41) is 3.96. The molecule has 2 rings (SSSR count). The fourth-order valence-electron chi connectivity index (χ4n) is 2.65. The molecule has 7 heteroatoms. The summed E-state index contributed by atoms with van der Waals surface area (Å²) in [6, 6.07) is 8.04. The number of halogens is 2. The van der Waals surface area contributed by atoms with Gasteiger partial charge in [-0.05, 0) is 32.4 Å². The molecule has 1 atom stereocenters. The minimum absolute atomic E-state index is 0. The number of benzene rings is 1. The Kier molecular flexibility index (Phi) is 8.76. The van der Waals surface area contributed by atoms with Crippen molar-refractivity contribution in [3.05, 3.63) is 34.9 Å². The van der Waals surface area contributed by atoms with E-state index in [9.17, 15) is 0 Å². The largest absolute Gasteiger partial charge is 0.379 e. The summed E-state index contributed by atoms with van der Waals surface area (Å²) in [5.41, 5.74) is 7.00. The molecule has 0 spiro atoms. The van der Waals surface area contributed by atoms with Gasteiger partial charge in [-0.25, -0.2) is 0 Å². The first kappa shape index (κ1) is 21.5. The molecule has 1 aliphatic rings. The van der Waals surface area contributed by atoms with Crippen LogP contribution in [0.2, 0.25) is 5.02 Å². The predicted molar refractivity (Wildman–Crippen MR) is 111 cm³/mol. The van der Waals surface area contributed by atoms with E-state index in [1.165, 1.54) is 0 Å². The van der Waals surface area contributed by atoms with E-state index in [0.717, 1.165) is 36.9 Å². The van der Waals surface area contributed by atoms with Gasteiger partial charge in [0.25, 0.3) is 0 Å². The normalized spacial score (nSPS) is 17.9. The average molecular weight is 467 g/mol. The van der Waals surface area contributed by atoms with Gasteiger partial charge < -0.3 is 15.8 Å². The Morgan fingerprint density at radius 2 is 1.96 bits per heavy atom. The Morgan fingerprint density at radius 1 is 1.33 bits per heavy atom. The third kappa shape index (κ3) is 6.74. The van der Waals surface area contributed by atoms with Gasteiger partial charge in [0.2, 0.25) is 0 Å². The SMILES string of the molecule is CC(C)(C)NC(N)=NCC(c1ccccc1Cl)N1CCOCC1.I. The number of nitrogens with two attached hydrogens (primary N) is 1. The number of hydrogen-bond acceptors (Lipinski definition) is 3. The molecule has 0 amide bonds. The second kappa shape index (κ2) is 9.79. The quantitative estimate of drug-likeness (QED) is 0.407. The van der Waals surface area contributed by atoms with Gasteiger partial charge >= 0.3 is 0 Å². The number of guanidine groups is 1. The first-order chi connectivity index (χ1) is 10.9. The third-order valence-corrected chi connectivity index (χ3v) is 4.03. The van der Waals surface area contributed by atoms with Crippen LogP contribution in [0.4, 0.5) is 0 Å². The highest BCUT2D eigenvalue weighted by Crippen LogP contribution is 2.28. The Labute approximate surface area is 167 Å². The summed E-state index contributed by atoms with van der Waals surface area (Å²) in [7, 11) is 0. The zero-order valence-corrected chi connectivity index (χ0v) is 17.7. The highest BCUT2D eigenvalue weighted by molar-refractivity contribution is 14.0. The maximum Gasteiger partial charge on any atom is 0.189 e. The van der Waals surface area contributed by atoms with Crippen LogP contribution in [0.25, 0.3) is 0 Å². The molecule has 1 saturated heterocycles. The van der Waals surface area contributed by atoms with E-state index in [4.69, 9.17) is 22.1 Å². The molecule has 24 heavy (non-hydrogen) atoms. The molecule has 0 saturated carbocycles. The number of hydrogen-bond donors (Lipinski definition) is 2. The van der Waals surface area contributed by atoms with Crippen LogP contribution >= 0.6 is 35.6 Å². The molecule has 1 aromatic carbocycles. The van der Waals surface area contributed by atoms with Crippen LogP contribution in [0.15, 0.2) is 29.3 Å². The monoisotopic (exact) mass is 466 g/mol. The minimum Gasteiger partial charge on any atom is -0.379 e. The van der Waals surface area contributed by atoms with Crippen LogP contribution < -0.4 is 11.1 Å². The van der Waals surface area contributed by atoms with Gasteiger partial charge in [-0.2, -0.15) is 0 Å². The van der Waals surface area contributed by atoms with Crippen molar-refractivity contribution in [3.8, 4) is 0 Å². The molecule has 0 bridgehead atoms. The van der Waals surface area contributed by atoms with Crippen molar-refractivity contribution in [1.29, 1.82) is 0 Å². The smallest absolute Gasteiger partial charge is 0.189 e. The van der Waals surface area contributed by atoms with Gasteiger partial charge in [0.15, 0.2) is 5.96 Å². The van der Waals surface area contributed by atoms with Crippen LogP contribution in [0, 0.1) is 0 Å². The van der Waals surface area contributed by atoms with Gasteiger partial charge in [0.1, 0.15) is 0 Å². The van der Waals surface area contributed by atoms with Crippen molar-refractivity contribution in [3.63, 3.8) is 0 Å². The maximum atomic E-state index is 6.41. The molecule has 0 aromatic heterocycles. The molecule has 3 N–H and O–H groups in total. The first-order valence-corrected chi connectivity index (χ1v) is 8.39. The molecule has 0 radical (unpaired) electrons. The van der Waals surface area contributed by atoms with Crippen LogP contribution in [-0.2, 0) is 4.74 Å². The van der Waals surface area contributed by atoms with E-state index < -0.39 is 0 Å². The zero-order chi connectivity index (χ0) is 16.9. The van der Waals surface area contributed by atoms with Crippen molar-refractivity contribution in [2.75, 3.05) is 32.8 Å². The van der Waals surface area contributed by atoms with E-state index in [0.29, 0.717) is 12.5 Å². The van der Waals surface area contributed by atoms with Crippen molar-refractivity contribution in [2.45, 2.75) is 32.4 Å². The second-order valence-electron chi connectivity index (χ2n) is 6.79. The topological polar surface area (TPSA) is 62.9 Å². The number of ether oxygens (including phenoxy) is 1. The van der Waals surface area contributed by atoms with E-state index in [2.05, 4.69) is 42.0 Å². The number of nitrogens with zero attached hydrogens (tertiary/aromatic N) is 2. The molecule has 1 aromatic rings. The second-order valence-corrected chi connectivity index (χ2v) is 7.19. The Morgan fingerprint density at radius 3 is 2.54 bits per heavy atom. The summed E-state index contributed by atoms with van der Waals surface area (Å²) in [4.78, 5) is 6.90. The Hall–Kier alpha value is -0.570. The van der Waals surface area contributed by atoms with Crippen molar-refractivity contribution in [1.82, 2.24) is 10.2 Å².